The molecule has 0 radical (unpaired) electrons. The molecule has 0 amide bonds. The number of nitro groups is 1. The summed E-state index contributed by atoms with van der Waals surface area (Å²) in [4.78, 5) is 21.5. The van der Waals surface area contributed by atoms with Crippen molar-refractivity contribution in [2.75, 3.05) is 26.7 Å². The van der Waals surface area contributed by atoms with Crippen LogP contribution in [-0.2, 0) is 0 Å². The minimum atomic E-state index is -0.422. The number of nitro benzene ring substituents is 1. The molecule has 0 bridgehead atoms. The van der Waals surface area contributed by atoms with Gasteiger partial charge in [-0.2, -0.15) is 4.98 Å². The van der Waals surface area contributed by atoms with Gasteiger partial charge in [0.1, 0.15) is 10.7 Å². The molecule has 1 N–H and O–H groups in total. The maximum absolute atomic E-state index is 10.8. The Morgan fingerprint density at radius 2 is 2.15 bits per heavy atom. The molecule has 3 aromatic rings. The first-order valence-corrected chi connectivity index (χ1v) is 8.95. The monoisotopic (exact) mass is 372 g/mol. The number of rotatable bonds is 4. The molecular formula is C16H16N6O3S. The molecule has 3 heterocycles. The first-order valence-electron chi connectivity index (χ1n) is 8.07. The van der Waals surface area contributed by atoms with Gasteiger partial charge in [0.2, 0.25) is 0 Å². The molecule has 134 valence electrons. The fraction of sp³-hybridized carbons (Fsp3) is 0.312. The maximum atomic E-state index is 10.8. The van der Waals surface area contributed by atoms with Crippen molar-refractivity contribution in [3.05, 3.63) is 45.6 Å². The molecule has 1 aliphatic rings. The van der Waals surface area contributed by atoms with Gasteiger partial charge in [0.25, 0.3) is 11.6 Å². The average Bonchev–Trinajstić information content (AvgIpc) is 3.32. The van der Waals surface area contributed by atoms with E-state index in [1.54, 1.807) is 12.1 Å². The van der Waals surface area contributed by atoms with Crippen molar-refractivity contribution < 1.29 is 9.45 Å². The molecule has 1 fully saturated rings. The number of hydrogen-bond donors (Lipinski definition) is 1. The van der Waals surface area contributed by atoms with Crippen LogP contribution in [0.4, 0.5) is 5.69 Å². The summed E-state index contributed by atoms with van der Waals surface area (Å²) in [6.07, 6.45) is 0. The van der Waals surface area contributed by atoms with Crippen LogP contribution >= 0.6 is 11.3 Å². The number of likely N-dealkylation sites (N-methyl/N-ethyl adjacent to an activating group) is 1. The molecule has 1 saturated heterocycles. The highest BCUT2D eigenvalue weighted by molar-refractivity contribution is 7.13. The molecule has 1 unspecified atom stereocenters. The van der Waals surface area contributed by atoms with Gasteiger partial charge in [0.05, 0.1) is 11.0 Å². The molecule has 0 saturated carbocycles. The Kier molecular flexibility index (Phi) is 4.45. The Hall–Kier alpha value is -2.69. The molecule has 4 rings (SSSR count). The van der Waals surface area contributed by atoms with Crippen molar-refractivity contribution in [3.63, 3.8) is 0 Å². The van der Waals surface area contributed by atoms with Gasteiger partial charge < -0.3 is 9.84 Å². The van der Waals surface area contributed by atoms with Crippen LogP contribution in [-0.4, -0.2) is 51.6 Å². The molecular weight excluding hydrogens is 356 g/mol. The third-order valence-corrected chi connectivity index (χ3v) is 5.19. The number of nitrogens with zero attached hydrogens (tertiary/aromatic N) is 5. The van der Waals surface area contributed by atoms with Crippen LogP contribution in [0.5, 0.6) is 0 Å². The van der Waals surface area contributed by atoms with Crippen LogP contribution in [0.15, 0.2) is 34.2 Å². The predicted octanol–water partition coefficient (Wildman–Crippen LogP) is 2.34. The predicted molar refractivity (Wildman–Crippen MR) is 95.7 cm³/mol. The van der Waals surface area contributed by atoms with Gasteiger partial charge in [-0.25, -0.2) is 4.98 Å². The Balaban J connectivity index is 1.55. The van der Waals surface area contributed by atoms with Gasteiger partial charge in [-0.05, 0) is 19.2 Å². The van der Waals surface area contributed by atoms with Gasteiger partial charge in [-0.1, -0.05) is 5.16 Å². The zero-order valence-corrected chi connectivity index (χ0v) is 14.8. The summed E-state index contributed by atoms with van der Waals surface area (Å²) >= 11 is 1.43. The molecule has 2 aromatic heterocycles. The number of non-ortho nitro benzene ring substituents is 1. The van der Waals surface area contributed by atoms with E-state index in [1.165, 1.54) is 23.5 Å². The lowest BCUT2D eigenvalue weighted by Gasteiger charge is -2.30. The second kappa shape index (κ2) is 6.90. The summed E-state index contributed by atoms with van der Waals surface area (Å²) in [6.45, 7) is 2.65. The number of hydrogen-bond acceptors (Lipinski definition) is 9. The normalized spacial score (nSPS) is 18.1. The number of aromatic nitrogens is 3. The van der Waals surface area contributed by atoms with Crippen LogP contribution in [0.2, 0.25) is 0 Å². The largest absolute Gasteiger partial charge is 0.332 e. The average molecular weight is 372 g/mol. The molecule has 26 heavy (non-hydrogen) atoms. The van der Waals surface area contributed by atoms with E-state index in [9.17, 15) is 10.1 Å². The lowest BCUT2D eigenvalue weighted by Crippen LogP contribution is -2.44. The van der Waals surface area contributed by atoms with E-state index >= 15 is 0 Å². The first-order chi connectivity index (χ1) is 12.6. The lowest BCUT2D eigenvalue weighted by atomic mass is 10.2. The topological polar surface area (TPSA) is 110 Å². The van der Waals surface area contributed by atoms with E-state index in [-0.39, 0.29) is 11.7 Å². The molecule has 10 heteroatoms. The van der Waals surface area contributed by atoms with Crippen molar-refractivity contribution in [1.82, 2.24) is 25.3 Å². The van der Waals surface area contributed by atoms with Crippen LogP contribution < -0.4 is 5.32 Å². The fourth-order valence-electron chi connectivity index (χ4n) is 2.80. The van der Waals surface area contributed by atoms with Gasteiger partial charge in [-0.3, -0.25) is 15.0 Å². The van der Waals surface area contributed by atoms with Crippen molar-refractivity contribution in [2.24, 2.45) is 0 Å². The Bertz CT molecular complexity index is 922. The van der Waals surface area contributed by atoms with E-state index in [2.05, 4.69) is 25.3 Å². The summed E-state index contributed by atoms with van der Waals surface area (Å²) in [5, 5.41) is 20.8. The van der Waals surface area contributed by atoms with Gasteiger partial charge in [0, 0.05) is 42.7 Å². The van der Waals surface area contributed by atoms with Gasteiger partial charge >= 0.3 is 0 Å². The summed E-state index contributed by atoms with van der Waals surface area (Å²) < 4.78 is 5.39. The summed E-state index contributed by atoms with van der Waals surface area (Å²) in [7, 11) is 2.04. The van der Waals surface area contributed by atoms with E-state index in [4.69, 9.17) is 4.52 Å². The molecule has 9 nitrogen and oxygen atoms in total. The van der Waals surface area contributed by atoms with Crippen LogP contribution in [0, 0.1) is 10.1 Å². The number of nitrogens with one attached hydrogen (secondary N) is 1. The fourth-order valence-corrected chi connectivity index (χ4v) is 3.60. The number of thiazole rings is 1. The molecule has 1 aliphatic heterocycles. The second-order valence-electron chi connectivity index (χ2n) is 6.00. The number of benzene rings is 1. The second-order valence-corrected chi connectivity index (χ2v) is 6.86. The first kappa shape index (κ1) is 16.8. The third-order valence-electron chi connectivity index (χ3n) is 4.30. The highest BCUT2D eigenvalue weighted by Gasteiger charge is 2.26. The molecule has 1 atom stereocenters. The maximum Gasteiger partial charge on any atom is 0.277 e. The summed E-state index contributed by atoms with van der Waals surface area (Å²) in [5.74, 6) is 1.02. The smallest absolute Gasteiger partial charge is 0.277 e. The molecule has 1 aromatic carbocycles. The quantitative estimate of drug-likeness (QED) is 0.549. The molecule has 0 spiro atoms. The van der Waals surface area contributed by atoms with Crippen molar-refractivity contribution in [3.8, 4) is 22.2 Å². The van der Waals surface area contributed by atoms with E-state index in [0.717, 1.165) is 30.2 Å². The zero-order chi connectivity index (χ0) is 18.1. The minimum absolute atomic E-state index is 0.0530. The van der Waals surface area contributed by atoms with Crippen molar-refractivity contribution >= 4 is 17.0 Å². The SMILES string of the molecule is CN1CCNCC1c1noc(-c2csc(-c3ccc([N+](=O)[O-])cc3)n2)n1. The zero-order valence-electron chi connectivity index (χ0n) is 14.0. The van der Waals surface area contributed by atoms with Crippen LogP contribution in [0.1, 0.15) is 11.9 Å². The Labute approximate surface area is 152 Å². The van der Waals surface area contributed by atoms with Gasteiger partial charge in [-0.15, -0.1) is 11.3 Å². The minimum Gasteiger partial charge on any atom is -0.332 e. The van der Waals surface area contributed by atoms with E-state index in [0.29, 0.717) is 17.4 Å². The summed E-state index contributed by atoms with van der Waals surface area (Å²) in [5.41, 5.74) is 1.47. The third kappa shape index (κ3) is 3.21. The highest BCUT2D eigenvalue weighted by Crippen LogP contribution is 2.30. The standard InChI is InChI=1S/C16H16N6O3S/c1-21-7-6-17-8-13(21)14-19-15(25-20-14)12-9-26-16(18-12)10-2-4-11(5-3-10)22(23)24/h2-5,9,13,17H,6-8H2,1H3. The highest BCUT2D eigenvalue weighted by atomic mass is 32.1. The number of piperazine rings is 1. The Morgan fingerprint density at radius 1 is 1.35 bits per heavy atom. The summed E-state index contributed by atoms with van der Waals surface area (Å²) in [6, 6.07) is 6.37. The lowest BCUT2D eigenvalue weighted by molar-refractivity contribution is -0.384. The van der Waals surface area contributed by atoms with E-state index in [1.807, 2.05) is 12.4 Å². The van der Waals surface area contributed by atoms with Crippen molar-refractivity contribution in [1.29, 1.82) is 0 Å². The van der Waals surface area contributed by atoms with Crippen LogP contribution in [0.3, 0.4) is 0 Å². The Morgan fingerprint density at radius 3 is 2.88 bits per heavy atom. The van der Waals surface area contributed by atoms with Crippen molar-refractivity contribution in [2.45, 2.75) is 6.04 Å². The van der Waals surface area contributed by atoms with Crippen LogP contribution in [0.25, 0.3) is 22.2 Å². The molecule has 0 aliphatic carbocycles. The van der Waals surface area contributed by atoms with E-state index < -0.39 is 4.92 Å². The van der Waals surface area contributed by atoms with Gasteiger partial charge in [0.15, 0.2) is 5.82 Å².